The Morgan fingerprint density at radius 3 is 2.12 bits per heavy atom. The van der Waals surface area contributed by atoms with Crippen LogP contribution in [0.25, 0.3) is 11.1 Å². The molecule has 0 fully saturated rings. The van der Waals surface area contributed by atoms with Gasteiger partial charge in [-0.3, -0.25) is 0 Å². The zero-order valence-corrected chi connectivity index (χ0v) is 15.3. The lowest BCUT2D eigenvalue weighted by atomic mass is 9.67. The first kappa shape index (κ1) is 14.6. The van der Waals surface area contributed by atoms with Gasteiger partial charge in [-0.25, -0.2) is 0 Å². The van der Waals surface area contributed by atoms with Gasteiger partial charge in [0.15, 0.2) is 0 Å². The summed E-state index contributed by atoms with van der Waals surface area (Å²) in [7, 11) is 0. The summed E-state index contributed by atoms with van der Waals surface area (Å²) in [6.45, 7) is 4.45. The molecule has 3 aromatic carbocycles. The van der Waals surface area contributed by atoms with Gasteiger partial charge in [0.05, 0.1) is 5.41 Å². The van der Waals surface area contributed by atoms with Crippen LogP contribution in [-0.4, -0.2) is 0 Å². The Kier molecular flexibility index (Phi) is 2.67. The van der Waals surface area contributed by atoms with Crippen LogP contribution in [0.2, 0.25) is 0 Å². The lowest BCUT2D eigenvalue weighted by Crippen LogP contribution is -2.31. The molecule has 0 heteroatoms. The second kappa shape index (κ2) is 4.76. The van der Waals surface area contributed by atoms with E-state index in [0.717, 1.165) is 0 Å². The van der Waals surface area contributed by atoms with Gasteiger partial charge in [0, 0.05) is 5.92 Å². The summed E-state index contributed by atoms with van der Waals surface area (Å²) in [5.41, 5.74) is 11.7. The van der Waals surface area contributed by atoms with E-state index in [1.165, 1.54) is 45.4 Å². The fourth-order valence-corrected chi connectivity index (χ4v) is 6.01. The van der Waals surface area contributed by atoms with Crippen molar-refractivity contribution in [3.63, 3.8) is 0 Å². The molecule has 0 N–H and O–H groups in total. The summed E-state index contributed by atoms with van der Waals surface area (Å²) in [6, 6.07) is 23.4. The zero-order chi connectivity index (χ0) is 17.5. The van der Waals surface area contributed by atoms with E-state index in [2.05, 4.69) is 86.7 Å². The first-order valence-electron chi connectivity index (χ1n) is 9.70. The zero-order valence-electron chi connectivity index (χ0n) is 15.3. The summed E-state index contributed by atoms with van der Waals surface area (Å²) < 4.78 is 0. The fourth-order valence-electron chi connectivity index (χ4n) is 6.01. The smallest absolute Gasteiger partial charge is 0.0534 e. The van der Waals surface area contributed by atoms with Crippen molar-refractivity contribution in [1.82, 2.24) is 0 Å². The summed E-state index contributed by atoms with van der Waals surface area (Å²) >= 11 is 0. The minimum absolute atomic E-state index is 0.0169. The molecule has 3 aliphatic carbocycles. The number of fused-ring (bicyclic) bond motifs is 10. The van der Waals surface area contributed by atoms with Crippen LogP contribution in [0.3, 0.4) is 0 Å². The highest BCUT2D eigenvalue weighted by Crippen LogP contribution is 2.66. The molecule has 2 atom stereocenters. The molecule has 2 unspecified atom stereocenters. The molecule has 0 bridgehead atoms. The van der Waals surface area contributed by atoms with Crippen molar-refractivity contribution in [2.45, 2.75) is 31.6 Å². The number of aryl methyl sites for hydroxylation is 2. The molecule has 0 saturated carbocycles. The molecule has 1 spiro atoms. The lowest BCUT2D eigenvalue weighted by Gasteiger charge is -2.34. The van der Waals surface area contributed by atoms with Crippen LogP contribution in [0, 0.1) is 19.8 Å². The number of benzene rings is 3. The molecule has 0 nitrogen and oxygen atoms in total. The third kappa shape index (κ3) is 1.53. The minimum Gasteiger partial charge on any atom is -0.0876 e. The Balaban J connectivity index is 1.81. The third-order valence-corrected chi connectivity index (χ3v) is 6.94. The van der Waals surface area contributed by atoms with Crippen LogP contribution in [0.1, 0.15) is 45.7 Å². The van der Waals surface area contributed by atoms with E-state index >= 15 is 0 Å². The van der Waals surface area contributed by atoms with Gasteiger partial charge >= 0.3 is 0 Å². The second-order valence-corrected chi connectivity index (χ2v) is 8.29. The highest BCUT2D eigenvalue weighted by Gasteiger charge is 2.57. The molecule has 0 aromatic heterocycles. The number of hydrogen-bond donors (Lipinski definition) is 0. The summed E-state index contributed by atoms with van der Waals surface area (Å²) in [4.78, 5) is 0. The van der Waals surface area contributed by atoms with Crippen molar-refractivity contribution in [2.24, 2.45) is 5.92 Å². The number of rotatable bonds is 0. The molecular weight excluding hydrogens is 312 g/mol. The van der Waals surface area contributed by atoms with E-state index in [4.69, 9.17) is 0 Å². The van der Waals surface area contributed by atoms with Crippen molar-refractivity contribution in [2.75, 3.05) is 0 Å². The normalized spacial score (nSPS) is 23.0. The van der Waals surface area contributed by atoms with Gasteiger partial charge in [-0.2, -0.15) is 0 Å². The van der Waals surface area contributed by atoms with Gasteiger partial charge in [-0.15, -0.1) is 0 Å². The lowest BCUT2D eigenvalue weighted by molar-refractivity contribution is 0.452. The van der Waals surface area contributed by atoms with Crippen molar-refractivity contribution < 1.29 is 0 Å². The molecule has 3 aromatic rings. The first-order chi connectivity index (χ1) is 12.7. The predicted octanol–water partition coefficient (Wildman–Crippen LogP) is 6.29. The van der Waals surface area contributed by atoms with Crippen molar-refractivity contribution in [3.05, 3.63) is 106 Å². The van der Waals surface area contributed by atoms with Crippen LogP contribution in [-0.2, 0) is 5.41 Å². The molecule has 0 saturated heterocycles. The van der Waals surface area contributed by atoms with E-state index in [-0.39, 0.29) is 5.41 Å². The maximum Gasteiger partial charge on any atom is 0.0534 e. The summed E-state index contributed by atoms with van der Waals surface area (Å²) in [5, 5.41) is 0. The molecule has 0 aliphatic heterocycles. The molecular formula is C26H22. The number of hydrogen-bond acceptors (Lipinski definition) is 0. The van der Waals surface area contributed by atoms with E-state index in [0.29, 0.717) is 11.8 Å². The van der Waals surface area contributed by atoms with Crippen LogP contribution < -0.4 is 0 Å². The topological polar surface area (TPSA) is 0 Å². The van der Waals surface area contributed by atoms with Crippen molar-refractivity contribution >= 4 is 0 Å². The third-order valence-electron chi connectivity index (χ3n) is 6.94. The van der Waals surface area contributed by atoms with Gasteiger partial charge in [-0.05, 0) is 59.6 Å². The Morgan fingerprint density at radius 1 is 0.769 bits per heavy atom. The maximum atomic E-state index is 2.51. The average Bonchev–Trinajstić information content (AvgIpc) is 3.29. The molecule has 3 aliphatic rings. The van der Waals surface area contributed by atoms with Gasteiger partial charge in [0.1, 0.15) is 0 Å². The van der Waals surface area contributed by atoms with Gasteiger partial charge in [0.25, 0.3) is 0 Å². The molecule has 26 heavy (non-hydrogen) atoms. The Morgan fingerprint density at radius 2 is 1.42 bits per heavy atom. The van der Waals surface area contributed by atoms with E-state index in [1.54, 1.807) is 5.56 Å². The first-order valence-corrected chi connectivity index (χ1v) is 9.70. The highest BCUT2D eigenvalue weighted by molar-refractivity contribution is 5.86. The minimum atomic E-state index is -0.0169. The molecule has 6 rings (SSSR count). The van der Waals surface area contributed by atoms with Crippen LogP contribution >= 0.6 is 0 Å². The van der Waals surface area contributed by atoms with Crippen LogP contribution in [0.4, 0.5) is 0 Å². The average molecular weight is 334 g/mol. The highest BCUT2D eigenvalue weighted by atomic mass is 14.6. The van der Waals surface area contributed by atoms with Gasteiger partial charge in [0.2, 0.25) is 0 Å². The second-order valence-electron chi connectivity index (χ2n) is 8.29. The largest absolute Gasteiger partial charge is 0.0876 e. The van der Waals surface area contributed by atoms with Crippen molar-refractivity contribution in [3.8, 4) is 11.1 Å². The van der Waals surface area contributed by atoms with Gasteiger partial charge < -0.3 is 0 Å². The quantitative estimate of drug-likeness (QED) is 0.424. The molecule has 0 heterocycles. The molecule has 0 amide bonds. The molecule has 126 valence electrons. The van der Waals surface area contributed by atoms with E-state index < -0.39 is 0 Å². The van der Waals surface area contributed by atoms with E-state index in [9.17, 15) is 0 Å². The van der Waals surface area contributed by atoms with Crippen molar-refractivity contribution in [1.29, 1.82) is 0 Å². The monoisotopic (exact) mass is 334 g/mol. The molecule has 0 radical (unpaired) electrons. The summed E-state index contributed by atoms with van der Waals surface area (Å²) in [5.74, 6) is 1.15. The van der Waals surface area contributed by atoms with Crippen LogP contribution in [0.5, 0.6) is 0 Å². The SMILES string of the molecule is Cc1ccc2c(c1)C1(c3cc(C)ccc3-2)c2ccccc2C2CC=CC21. The number of allylic oxidation sites excluding steroid dienone is 2. The Labute approximate surface area is 155 Å². The Bertz CT molecular complexity index is 1050. The maximum absolute atomic E-state index is 2.51. The van der Waals surface area contributed by atoms with Gasteiger partial charge in [-0.1, -0.05) is 83.9 Å². The standard InChI is InChI=1S/C26H22/c1-16-10-12-20-21-13-11-17(2)15-25(21)26(24(20)14-16)22-8-4-3-6-18(22)19-7-5-9-23(19)26/h3-6,8-15,19,23H,7H2,1-2H3. The predicted molar refractivity (Wildman–Crippen MR) is 108 cm³/mol. The summed E-state index contributed by atoms with van der Waals surface area (Å²) in [6.07, 6.45) is 6.09. The fraction of sp³-hybridized carbons (Fsp3) is 0.231. The van der Waals surface area contributed by atoms with E-state index in [1.807, 2.05) is 0 Å². The van der Waals surface area contributed by atoms with Crippen LogP contribution in [0.15, 0.2) is 72.8 Å². The Hall–Kier alpha value is -2.60.